The highest BCUT2D eigenvalue weighted by Gasteiger charge is 2.11. The van der Waals surface area contributed by atoms with Gasteiger partial charge in [-0.15, -0.1) is 0 Å². The maximum absolute atomic E-state index is 3.49. The Balaban J connectivity index is 2.02. The molecule has 1 N–H and O–H groups in total. The van der Waals surface area contributed by atoms with Gasteiger partial charge in [0.1, 0.15) is 0 Å². The Hall–Kier alpha value is -0.0400. The quantitative estimate of drug-likeness (QED) is 0.635. The van der Waals surface area contributed by atoms with Crippen LogP contribution in [0, 0.1) is 6.04 Å². The van der Waals surface area contributed by atoms with Crippen molar-refractivity contribution in [3.63, 3.8) is 0 Å². The molecule has 1 heteroatoms. The van der Waals surface area contributed by atoms with Crippen molar-refractivity contribution in [2.75, 3.05) is 6.54 Å². The van der Waals surface area contributed by atoms with E-state index in [1.807, 2.05) is 0 Å². The van der Waals surface area contributed by atoms with Gasteiger partial charge in [-0.3, -0.25) is 0 Å². The highest BCUT2D eigenvalue weighted by molar-refractivity contribution is 4.88. The summed E-state index contributed by atoms with van der Waals surface area (Å²) in [5, 5.41) is 3.49. The van der Waals surface area contributed by atoms with E-state index in [9.17, 15) is 0 Å². The highest BCUT2D eigenvalue weighted by atomic mass is 14.9. The molecule has 0 atom stereocenters. The molecule has 0 unspecified atom stereocenters. The monoisotopic (exact) mass is 140 g/mol. The van der Waals surface area contributed by atoms with Gasteiger partial charge in [0.2, 0.25) is 0 Å². The smallest absolute Gasteiger partial charge is 0.0363 e. The van der Waals surface area contributed by atoms with Gasteiger partial charge in [0, 0.05) is 6.04 Å². The highest BCUT2D eigenvalue weighted by Crippen LogP contribution is 2.22. The number of nitrogens with one attached hydrogen (secondary N) is 1. The molecule has 0 amide bonds. The molecule has 0 aromatic carbocycles. The molecular formula is C9H18N. The van der Waals surface area contributed by atoms with Crippen LogP contribution in [0.5, 0.6) is 0 Å². The van der Waals surface area contributed by atoms with Crippen LogP contribution in [0.2, 0.25) is 0 Å². The first kappa shape index (κ1) is 8.06. The second-order valence-electron chi connectivity index (χ2n) is 3.09. The van der Waals surface area contributed by atoms with E-state index in [0.29, 0.717) is 0 Å². The van der Waals surface area contributed by atoms with Gasteiger partial charge in [-0.25, -0.2) is 0 Å². The van der Waals surface area contributed by atoms with E-state index < -0.39 is 0 Å². The molecule has 1 saturated carbocycles. The minimum absolute atomic E-state index is 1.18. The lowest BCUT2D eigenvalue weighted by Crippen LogP contribution is -2.23. The summed E-state index contributed by atoms with van der Waals surface area (Å²) in [7, 11) is 0. The standard InChI is InChI=1S/C9H18N/c1-2-8-10-9-6-4-3-5-7-9/h10H,2-8H2,1H3. The third kappa shape index (κ3) is 2.70. The topological polar surface area (TPSA) is 12.0 Å². The molecule has 1 aliphatic rings. The molecule has 0 heterocycles. The maximum atomic E-state index is 3.49. The van der Waals surface area contributed by atoms with Crippen molar-refractivity contribution in [2.45, 2.75) is 45.4 Å². The minimum Gasteiger partial charge on any atom is -0.310 e. The fraction of sp³-hybridized carbons (Fsp3) is 0.889. The normalized spacial score (nSPS) is 21.3. The number of rotatable bonds is 3. The van der Waals surface area contributed by atoms with Crippen LogP contribution >= 0.6 is 0 Å². The van der Waals surface area contributed by atoms with E-state index in [0.717, 1.165) is 0 Å². The Morgan fingerprint density at radius 1 is 1.20 bits per heavy atom. The summed E-state index contributed by atoms with van der Waals surface area (Å²) >= 11 is 0. The molecule has 1 radical (unpaired) electrons. The van der Waals surface area contributed by atoms with Crippen molar-refractivity contribution in [2.24, 2.45) is 0 Å². The van der Waals surface area contributed by atoms with Crippen LogP contribution in [-0.2, 0) is 0 Å². The zero-order valence-electron chi connectivity index (χ0n) is 6.95. The predicted octanol–water partition coefficient (Wildman–Crippen LogP) is 2.48. The Morgan fingerprint density at radius 2 is 1.90 bits per heavy atom. The lowest BCUT2D eigenvalue weighted by molar-refractivity contribution is 0.472. The van der Waals surface area contributed by atoms with Gasteiger partial charge in [-0.2, -0.15) is 0 Å². The van der Waals surface area contributed by atoms with Crippen LogP contribution in [0.3, 0.4) is 0 Å². The molecule has 0 aromatic rings. The van der Waals surface area contributed by atoms with Crippen LogP contribution in [0.1, 0.15) is 45.4 Å². The van der Waals surface area contributed by atoms with Crippen molar-refractivity contribution in [3.8, 4) is 0 Å². The summed E-state index contributed by atoms with van der Waals surface area (Å²) < 4.78 is 0. The molecule has 59 valence electrons. The third-order valence-corrected chi connectivity index (χ3v) is 2.08. The fourth-order valence-corrected chi connectivity index (χ4v) is 1.46. The molecular weight excluding hydrogens is 122 g/mol. The second kappa shape index (κ2) is 4.73. The summed E-state index contributed by atoms with van der Waals surface area (Å²) in [4.78, 5) is 0. The molecule has 0 bridgehead atoms. The SMILES string of the molecule is CCCN[C]1CCCCC1. The Kier molecular flexibility index (Phi) is 3.81. The van der Waals surface area contributed by atoms with Gasteiger partial charge in [-0.05, 0) is 25.8 Å². The molecule has 10 heavy (non-hydrogen) atoms. The molecule has 0 aromatic heterocycles. The first-order valence-corrected chi connectivity index (χ1v) is 4.52. The summed E-state index contributed by atoms with van der Waals surface area (Å²) in [6.07, 6.45) is 8.18. The summed E-state index contributed by atoms with van der Waals surface area (Å²) in [6.45, 7) is 3.39. The van der Waals surface area contributed by atoms with Crippen molar-refractivity contribution in [1.82, 2.24) is 5.32 Å². The van der Waals surface area contributed by atoms with Gasteiger partial charge in [0.15, 0.2) is 0 Å². The predicted molar refractivity (Wildman–Crippen MR) is 44.6 cm³/mol. The van der Waals surface area contributed by atoms with Crippen LogP contribution in [0.25, 0.3) is 0 Å². The van der Waals surface area contributed by atoms with Gasteiger partial charge in [0.25, 0.3) is 0 Å². The zero-order valence-corrected chi connectivity index (χ0v) is 6.95. The van der Waals surface area contributed by atoms with Crippen molar-refractivity contribution < 1.29 is 0 Å². The van der Waals surface area contributed by atoms with E-state index in [4.69, 9.17) is 0 Å². The van der Waals surface area contributed by atoms with E-state index in [1.165, 1.54) is 45.1 Å². The Bertz CT molecular complexity index is 74.8. The molecule has 0 spiro atoms. The average molecular weight is 140 g/mol. The molecule has 1 aliphatic carbocycles. The van der Waals surface area contributed by atoms with Crippen LogP contribution < -0.4 is 5.32 Å². The Morgan fingerprint density at radius 3 is 2.50 bits per heavy atom. The van der Waals surface area contributed by atoms with E-state index in [2.05, 4.69) is 12.2 Å². The number of hydrogen-bond acceptors (Lipinski definition) is 1. The first-order chi connectivity index (χ1) is 4.93. The molecule has 0 saturated heterocycles. The largest absolute Gasteiger partial charge is 0.310 e. The minimum atomic E-state index is 1.18. The summed E-state index contributed by atoms with van der Waals surface area (Å²) in [6, 6.07) is 1.60. The van der Waals surface area contributed by atoms with Crippen LogP contribution in [0.15, 0.2) is 0 Å². The van der Waals surface area contributed by atoms with Gasteiger partial charge in [-0.1, -0.05) is 26.2 Å². The Labute approximate surface area is 64.2 Å². The number of hydrogen-bond donors (Lipinski definition) is 1. The first-order valence-electron chi connectivity index (χ1n) is 4.52. The second-order valence-corrected chi connectivity index (χ2v) is 3.09. The molecule has 0 aliphatic heterocycles. The van der Waals surface area contributed by atoms with E-state index in [1.54, 1.807) is 6.04 Å². The van der Waals surface area contributed by atoms with Gasteiger partial charge < -0.3 is 5.32 Å². The van der Waals surface area contributed by atoms with Gasteiger partial charge >= 0.3 is 0 Å². The summed E-state index contributed by atoms with van der Waals surface area (Å²) in [5.41, 5.74) is 0. The van der Waals surface area contributed by atoms with Crippen LogP contribution in [0.4, 0.5) is 0 Å². The van der Waals surface area contributed by atoms with Gasteiger partial charge in [0.05, 0.1) is 0 Å². The van der Waals surface area contributed by atoms with Crippen molar-refractivity contribution >= 4 is 0 Å². The molecule has 1 nitrogen and oxygen atoms in total. The van der Waals surface area contributed by atoms with E-state index in [-0.39, 0.29) is 0 Å². The average Bonchev–Trinajstić information content (AvgIpc) is 2.03. The van der Waals surface area contributed by atoms with E-state index >= 15 is 0 Å². The lowest BCUT2D eigenvalue weighted by Gasteiger charge is -2.21. The summed E-state index contributed by atoms with van der Waals surface area (Å²) in [5.74, 6) is 0. The lowest BCUT2D eigenvalue weighted by atomic mass is 9.95. The third-order valence-electron chi connectivity index (χ3n) is 2.08. The maximum Gasteiger partial charge on any atom is 0.0363 e. The zero-order chi connectivity index (χ0) is 7.23. The van der Waals surface area contributed by atoms with Crippen molar-refractivity contribution in [3.05, 3.63) is 6.04 Å². The van der Waals surface area contributed by atoms with Crippen molar-refractivity contribution in [1.29, 1.82) is 0 Å². The molecule has 1 fully saturated rings. The molecule has 1 rings (SSSR count). The van der Waals surface area contributed by atoms with Crippen LogP contribution in [-0.4, -0.2) is 6.54 Å². The fourth-order valence-electron chi connectivity index (χ4n) is 1.46.